The Balaban J connectivity index is 2.28. The standard InChI is InChI=1S/C13H8BrFN2O4/c14-9-3-1-2-8(12(9)15)13(19)16-10-5-4-7(17(20)21)6-11(10)18/h1-6,18H,(H,16,19). The first kappa shape index (κ1) is 14.9. The van der Waals surface area contributed by atoms with Gasteiger partial charge in [0.15, 0.2) is 0 Å². The molecule has 0 aromatic heterocycles. The number of non-ortho nitro benzene ring substituents is 1. The highest BCUT2D eigenvalue weighted by Gasteiger charge is 2.16. The molecule has 21 heavy (non-hydrogen) atoms. The number of hydrogen-bond acceptors (Lipinski definition) is 4. The monoisotopic (exact) mass is 354 g/mol. The van der Waals surface area contributed by atoms with Crippen molar-refractivity contribution in [3.8, 4) is 5.75 Å². The Hall–Kier alpha value is -2.48. The first-order chi connectivity index (χ1) is 9.90. The van der Waals surface area contributed by atoms with Crippen LogP contribution in [0.3, 0.4) is 0 Å². The molecule has 8 heteroatoms. The molecule has 6 nitrogen and oxygen atoms in total. The lowest BCUT2D eigenvalue weighted by Gasteiger charge is -2.08. The molecule has 2 rings (SSSR count). The van der Waals surface area contributed by atoms with Gasteiger partial charge in [-0.15, -0.1) is 0 Å². The van der Waals surface area contributed by atoms with Crippen molar-refractivity contribution in [3.05, 3.63) is 62.4 Å². The molecule has 2 aromatic rings. The Bertz CT molecular complexity index is 736. The van der Waals surface area contributed by atoms with Crippen molar-refractivity contribution < 1.29 is 19.2 Å². The number of halogens is 2. The molecule has 108 valence electrons. The van der Waals surface area contributed by atoms with E-state index >= 15 is 0 Å². The Morgan fingerprint density at radius 2 is 2.05 bits per heavy atom. The van der Waals surface area contributed by atoms with Crippen LogP contribution in [-0.4, -0.2) is 15.9 Å². The summed E-state index contributed by atoms with van der Waals surface area (Å²) in [5.74, 6) is -2.00. The van der Waals surface area contributed by atoms with Crippen LogP contribution in [0.25, 0.3) is 0 Å². The van der Waals surface area contributed by atoms with Crippen molar-refractivity contribution in [2.75, 3.05) is 5.32 Å². The number of nitro benzene ring substituents is 1. The highest BCUT2D eigenvalue weighted by molar-refractivity contribution is 9.10. The molecule has 2 aromatic carbocycles. The number of hydrogen-bond donors (Lipinski definition) is 2. The molecule has 0 bridgehead atoms. The predicted octanol–water partition coefficient (Wildman–Crippen LogP) is 3.45. The lowest BCUT2D eigenvalue weighted by molar-refractivity contribution is -0.384. The number of nitro groups is 1. The second-order valence-electron chi connectivity index (χ2n) is 4.01. The molecule has 0 aliphatic heterocycles. The third-order valence-electron chi connectivity index (χ3n) is 2.64. The third-order valence-corrected chi connectivity index (χ3v) is 3.25. The topological polar surface area (TPSA) is 92.5 Å². The van der Waals surface area contributed by atoms with Crippen LogP contribution in [0.2, 0.25) is 0 Å². The van der Waals surface area contributed by atoms with Crippen LogP contribution in [0.5, 0.6) is 5.75 Å². The van der Waals surface area contributed by atoms with Crippen LogP contribution in [0.4, 0.5) is 15.8 Å². The molecule has 0 saturated carbocycles. The fraction of sp³-hybridized carbons (Fsp3) is 0. The van der Waals surface area contributed by atoms with Gasteiger partial charge in [0, 0.05) is 6.07 Å². The van der Waals surface area contributed by atoms with Crippen molar-refractivity contribution in [2.24, 2.45) is 0 Å². The van der Waals surface area contributed by atoms with E-state index in [2.05, 4.69) is 21.2 Å². The van der Waals surface area contributed by atoms with E-state index in [1.54, 1.807) is 0 Å². The number of amides is 1. The normalized spacial score (nSPS) is 10.2. The van der Waals surface area contributed by atoms with Gasteiger partial charge in [-0.2, -0.15) is 0 Å². The smallest absolute Gasteiger partial charge is 0.273 e. The van der Waals surface area contributed by atoms with E-state index in [-0.39, 0.29) is 21.4 Å². The summed E-state index contributed by atoms with van der Waals surface area (Å²) in [4.78, 5) is 21.8. The predicted molar refractivity (Wildman–Crippen MR) is 76.8 cm³/mol. The minimum absolute atomic E-state index is 0.0509. The van der Waals surface area contributed by atoms with Gasteiger partial charge in [-0.3, -0.25) is 14.9 Å². The average Bonchev–Trinajstić information content (AvgIpc) is 2.43. The number of carbonyl (C=O) groups is 1. The minimum atomic E-state index is -0.780. The molecule has 0 radical (unpaired) electrons. The fourth-order valence-electron chi connectivity index (χ4n) is 1.61. The van der Waals surface area contributed by atoms with Gasteiger partial charge in [0.25, 0.3) is 11.6 Å². The Kier molecular flexibility index (Phi) is 4.18. The molecular weight excluding hydrogens is 347 g/mol. The molecule has 0 heterocycles. The lowest BCUT2D eigenvalue weighted by Crippen LogP contribution is -2.14. The van der Waals surface area contributed by atoms with Crippen molar-refractivity contribution in [1.82, 2.24) is 0 Å². The zero-order valence-electron chi connectivity index (χ0n) is 10.3. The van der Waals surface area contributed by atoms with Crippen LogP contribution < -0.4 is 5.32 Å². The fourth-order valence-corrected chi connectivity index (χ4v) is 1.97. The second kappa shape index (κ2) is 5.88. The van der Waals surface area contributed by atoms with E-state index in [1.807, 2.05) is 0 Å². The Morgan fingerprint density at radius 3 is 2.67 bits per heavy atom. The number of nitrogens with zero attached hydrogens (tertiary/aromatic N) is 1. The van der Waals surface area contributed by atoms with Gasteiger partial charge in [-0.25, -0.2) is 4.39 Å². The lowest BCUT2D eigenvalue weighted by atomic mass is 10.2. The van der Waals surface area contributed by atoms with E-state index in [0.29, 0.717) is 0 Å². The molecule has 0 fully saturated rings. The Morgan fingerprint density at radius 1 is 1.33 bits per heavy atom. The number of anilines is 1. The highest BCUT2D eigenvalue weighted by atomic mass is 79.9. The average molecular weight is 355 g/mol. The minimum Gasteiger partial charge on any atom is -0.506 e. The van der Waals surface area contributed by atoms with E-state index < -0.39 is 22.4 Å². The number of benzene rings is 2. The van der Waals surface area contributed by atoms with Crippen LogP contribution in [0.15, 0.2) is 40.9 Å². The summed E-state index contributed by atoms with van der Waals surface area (Å²) in [6, 6.07) is 7.38. The maximum atomic E-state index is 13.8. The highest BCUT2D eigenvalue weighted by Crippen LogP contribution is 2.28. The molecule has 0 aliphatic carbocycles. The summed E-state index contributed by atoms with van der Waals surface area (Å²) in [6.07, 6.45) is 0. The van der Waals surface area contributed by atoms with Gasteiger partial charge in [-0.05, 0) is 34.1 Å². The molecule has 1 amide bonds. The number of phenolic OH excluding ortho intramolecular Hbond substituents is 1. The molecule has 2 N–H and O–H groups in total. The molecule has 0 spiro atoms. The van der Waals surface area contributed by atoms with Crippen molar-refractivity contribution in [2.45, 2.75) is 0 Å². The molecule has 0 atom stereocenters. The maximum absolute atomic E-state index is 13.8. The molecule has 0 unspecified atom stereocenters. The van der Waals surface area contributed by atoms with Gasteiger partial charge in [0.1, 0.15) is 11.6 Å². The van der Waals surface area contributed by atoms with Crippen LogP contribution >= 0.6 is 15.9 Å². The van der Waals surface area contributed by atoms with Crippen molar-refractivity contribution >= 4 is 33.2 Å². The van der Waals surface area contributed by atoms with E-state index in [1.165, 1.54) is 24.3 Å². The molecule has 0 aliphatic rings. The number of rotatable bonds is 3. The Labute approximate surface area is 126 Å². The van der Waals surface area contributed by atoms with Gasteiger partial charge in [0.05, 0.1) is 26.7 Å². The first-order valence-electron chi connectivity index (χ1n) is 5.63. The molecule has 0 saturated heterocycles. The summed E-state index contributed by atoms with van der Waals surface area (Å²) in [6.45, 7) is 0. The van der Waals surface area contributed by atoms with E-state index in [9.17, 15) is 24.4 Å². The summed E-state index contributed by atoms with van der Waals surface area (Å²) in [7, 11) is 0. The number of nitrogens with one attached hydrogen (secondary N) is 1. The summed E-state index contributed by atoms with van der Waals surface area (Å²) in [5, 5.41) is 22.5. The SMILES string of the molecule is O=C(Nc1ccc([N+](=O)[O-])cc1O)c1cccc(Br)c1F. The molecular formula is C13H8BrFN2O4. The first-order valence-corrected chi connectivity index (χ1v) is 6.42. The number of carbonyl (C=O) groups excluding carboxylic acids is 1. The third kappa shape index (κ3) is 3.16. The van der Waals surface area contributed by atoms with Crippen LogP contribution in [0, 0.1) is 15.9 Å². The second-order valence-corrected chi connectivity index (χ2v) is 4.87. The van der Waals surface area contributed by atoms with Gasteiger partial charge in [-0.1, -0.05) is 6.07 Å². The van der Waals surface area contributed by atoms with Crippen molar-refractivity contribution in [3.63, 3.8) is 0 Å². The van der Waals surface area contributed by atoms with E-state index in [4.69, 9.17) is 0 Å². The van der Waals surface area contributed by atoms with Crippen molar-refractivity contribution in [1.29, 1.82) is 0 Å². The zero-order chi connectivity index (χ0) is 15.6. The summed E-state index contributed by atoms with van der Waals surface area (Å²) < 4.78 is 13.9. The maximum Gasteiger partial charge on any atom is 0.273 e. The quantitative estimate of drug-likeness (QED) is 0.501. The zero-order valence-corrected chi connectivity index (χ0v) is 11.9. The summed E-state index contributed by atoms with van der Waals surface area (Å²) in [5.41, 5.74) is -0.591. The van der Waals surface area contributed by atoms with Gasteiger partial charge < -0.3 is 10.4 Å². The summed E-state index contributed by atoms with van der Waals surface area (Å²) >= 11 is 2.96. The van der Waals surface area contributed by atoms with E-state index in [0.717, 1.165) is 12.1 Å². The van der Waals surface area contributed by atoms with Gasteiger partial charge >= 0.3 is 0 Å². The van der Waals surface area contributed by atoms with Crippen LogP contribution in [-0.2, 0) is 0 Å². The number of aromatic hydroxyl groups is 1. The number of phenols is 1. The van der Waals surface area contributed by atoms with Gasteiger partial charge in [0.2, 0.25) is 0 Å². The largest absolute Gasteiger partial charge is 0.506 e. The van der Waals surface area contributed by atoms with Crippen LogP contribution in [0.1, 0.15) is 10.4 Å².